The van der Waals surface area contributed by atoms with E-state index in [4.69, 9.17) is 9.31 Å². The van der Waals surface area contributed by atoms with Crippen molar-refractivity contribution in [3.63, 3.8) is 0 Å². The van der Waals surface area contributed by atoms with Crippen LogP contribution in [0.1, 0.15) is 82.3 Å². The van der Waals surface area contributed by atoms with Gasteiger partial charge in [0.25, 0.3) is 5.91 Å². The Morgan fingerprint density at radius 2 is 1.87 bits per heavy atom. The van der Waals surface area contributed by atoms with Crippen LogP contribution in [0.3, 0.4) is 0 Å². The molecule has 0 spiro atoms. The number of hydrogen-bond donors (Lipinski definition) is 2. The van der Waals surface area contributed by atoms with Crippen LogP contribution < -0.4 is 10.6 Å². The molecule has 0 radical (unpaired) electrons. The van der Waals surface area contributed by atoms with Crippen LogP contribution in [-0.2, 0) is 14.1 Å². The van der Waals surface area contributed by atoms with Crippen LogP contribution in [0.4, 0.5) is 0 Å². The third-order valence-corrected chi connectivity index (χ3v) is 9.05. The smallest absolute Gasteiger partial charge is 0.404 e. The van der Waals surface area contributed by atoms with Crippen molar-refractivity contribution < 1.29 is 18.9 Å². The average Bonchev–Trinajstić information content (AvgIpc) is 3.26. The van der Waals surface area contributed by atoms with E-state index >= 15 is 0 Å². The molecule has 3 aliphatic carbocycles. The van der Waals surface area contributed by atoms with E-state index in [0.29, 0.717) is 23.3 Å². The summed E-state index contributed by atoms with van der Waals surface area (Å²) in [5.41, 5.74) is 1.29. The molecule has 3 saturated carbocycles. The van der Waals surface area contributed by atoms with Crippen molar-refractivity contribution >= 4 is 18.9 Å². The van der Waals surface area contributed by atoms with E-state index in [1.165, 1.54) is 12.6 Å². The summed E-state index contributed by atoms with van der Waals surface area (Å²) >= 11 is 0. The van der Waals surface area contributed by atoms with Crippen molar-refractivity contribution in [2.45, 2.75) is 84.0 Å². The lowest BCUT2D eigenvalue weighted by Crippen LogP contribution is -2.63. The van der Waals surface area contributed by atoms with E-state index in [1.807, 2.05) is 30.3 Å². The first-order valence-corrected chi connectivity index (χ1v) is 14.0. The standard InChI is InChI=1S/C30H40BN3O4/c1-19(2)14-25(31-37-27-23-15-22(29(23,3)4)17-30(27,5)38-31)34-26(35)16-24(20-10-7-6-8-11-20)33-28(36)21-12-9-13-32-18-21/h6-13,18-19,22-25,27H,14-17H2,1-5H3,(H,33,36)(H,34,35)/t22?,23?,24?,25-,27-,30-/m0/s1. The number of amides is 2. The molecule has 6 atom stereocenters. The Bertz CT molecular complexity index is 1140. The first-order valence-electron chi connectivity index (χ1n) is 14.0. The van der Waals surface area contributed by atoms with Crippen molar-refractivity contribution in [2.75, 3.05) is 0 Å². The lowest BCUT2D eigenvalue weighted by atomic mass is 9.45. The molecule has 2 bridgehead atoms. The minimum atomic E-state index is -0.484. The van der Waals surface area contributed by atoms with E-state index in [1.54, 1.807) is 18.3 Å². The summed E-state index contributed by atoms with van der Waals surface area (Å²) in [4.78, 5) is 30.5. The van der Waals surface area contributed by atoms with Crippen LogP contribution in [0.25, 0.3) is 0 Å². The molecule has 8 heteroatoms. The number of benzene rings is 1. The van der Waals surface area contributed by atoms with Gasteiger partial charge in [-0.25, -0.2) is 0 Å². The van der Waals surface area contributed by atoms with Crippen LogP contribution in [0.15, 0.2) is 54.9 Å². The molecule has 2 amide bonds. The summed E-state index contributed by atoms with van der Waals surface area (Å²) in [5.74, 6) is 0.812. The SMILES string of the molecule is CC(C)C[C@H](NC(=O)CC(NC(=O)c1cccnc1)c1ccccc1)B1O[C@H]2C3CC(C[C@]2(C)O1)C3(C)C. The first-order chi connectivity index (χ1) is 18.1. The minimum Gasteiger partial charge on any atom is -0.404 e. The maximum atomic E-state index is 13.5. The zero-order chi connectivity index (χ0) is 27.1. The van der Waals surface area contributed by atoms with Crippen molar-refractivity contribution in [1.29, 1.82) is 0 Å². The first kappa shape index (κ1) is 26.9. The molecule has 1 saturated heterocycles. The molecular weight excluding hydrogens is 477 g/mol. The van der Waals surface area contributed by atoms with Crippen molar-refractivity contribution in [2.24, 2.45) is 23.2 Å². The number of hydrogen-bond acceptors (Lipinski definition) is 5. The van der Waals surface area contributed by atoms with E-state index in [9.17, 15) is 9.59 Å². The number of carbonyl (C=O) groups excluding carboxylic acids is 2. The number of pyridine rings is 1. The van der Waals surface area contributed by atoms with Crippen LogP contribution in [-0.4, -0.2) is 41.6 Å². The lowest BCUT2D eigenvalue weighted by Gasteiger charge is -2.63. The zero-order valence-corrected chi connectivity index (χ0v) is 23.1. The topological polar surface area (TPSA) is 89.6 Å². The second-order valence-corrected chi connectivity index (χ2v) is 12.6. The summed E-state index contributed by atoms with van der Waals surface area (Å²) in [6.45, 7) is 11.2. The highest BCUT2D eigenvalue weighted by atomic mass is 16.7. The fourth-order valence-electron chi connectivity index (χ4n) is 6.79. The number of carbonyl (C=O) groups is 2. The van der Waals surface area contributed by atoms with Crippen LogP contribution in [0.2, 0.25) is 0 Å². The fraction of sp³-hybridized carbons (Fsp3) is 0.567. The van der Waals surface area contributed by atoms with Gasteiger partial charge in [-0.2, -0.15) is 0 Å². The molecule has 2 heterocycles. The minimum absolute atomic E-state index is 0.0508. The second kappa shape index (κ2) is 10.5. The Morgan fingerprint density at radius 1 is 1.11 bits per heavy atom. The van der Waals surface area contributed by atoms with Gasteiger partial charge in [0, 0.05) is 12.4 Å². The van der Waals surface area contributed by atoms with Crippen molar-refractivity contribution in [3.05, 3.63) is 66.0 Å². The van der Waals surface area contributed by atoms with E-state index in [2.05, 4.69) is 50.2 Å². The van der Waals surface area contributed by atoms with E-state index in [0.717, 1.165) is 18.4 Å². The molecular formula is C30H40BN3O4. The number of nitrogens with zero attached hydrogens (tertiary/aromatic N) is 1. The monoisotopic (exact) mass is 517 g/mol. The van der Waals surface area contributed by atoms with Crippen molar-refractivity contribution in [1.82, 2.24) is 15.6 Å². The quantitative estimate of drug-likeness (QED) is 0.469. The van der Waals surface area contributed by atoms with E-state index in [-0.39, 0.29) is 41.3 Å². The van der Waals surface area contributed by atoms with Gasteiger partial charge >= 0.3 is 7.12 Å². The van der Waals surface area contributed by atoms with Gasteiger partial charge in [0.05, 0.1) is 35.7 Å². The summed E-state index contributed by atoms with van der Waals surface area (Å²) in [7, 11) is -0.480. The van der Waals surface area contributed by atoms with Gasteiger partial charge in [-0.15, -0.1) is 0 Å². The predicted molar refractivity (Wildman–Crippen MR) is 147 cm³/mol. The summed E-state index contributed by atoms with van der Waals surface area (Å²) in [6.07, 6.45) is 6.24. The summed E-state index contributed by atoms with van der Waals surface area (Å²) < 4.78 is 13.2. The van der Waals surface area contributed by atoms with Gasteiger partial charge in [0.1, 0.15) is 0 Å². The highest BCUT2D eigenvalue weighted by molar-refractivity contribution is 6.47. The normalized spacial score (nSPS) is 28.7. The average molecular weight is 517 g/mol. The van der Waals surface area contributed by atoms with Crippen LogP contribution >= 0.6 is 0 Å². The molecule has 6 rings (SSSR count). The molecule has 3 unspecified atom stereocenters. The maximum Gasteiger partial charge on any atom is 0.481 e. The molecule has 1 aromatic carbocycles. The summed E-state index contributed by atoms with van der Waals surface area (Å²) in [5, 5.41) is 6.26. The van der Waals surface area contributed by atoms with Crippen LogP contribution in [0.5, 0.6) is 0 Å². The van der Waals surface area contributed by atoms with Gasteiger partial charge in [-0.3, -0.25) is 14.6 Å². The second-order valence-electron chi connectivity index (χ2n) is 12.6. The molecule has 202 valence electrons. The molecule has 2 N–H and O–H groups in total. The van der Waals surface area contributed by atoms with Gasteiger partial charge < -0.3 is 19.9 Å². The lowest BCUT2D eigenvalue weighted by molar-refractivity contribution is -0.185. The Morgan fingerprint density at radius 3 is 2.53 bits per heavy atom. The molecule has 7 nitrogen and oxygen atoms in total. The fourth-order valence-corrected chi connectivity index (χ4v) is 6.79. The van der Waals surface area contributed by atoms with Crippen LogP contribution in [0, 0.1) is 23.2 Å². The molecule has 4 aliphatic rings. The Labute approximate surface area is 226 Å². The van der Waals surface area contributed by atoms with Gasteiger partial charge in [-0.05, 0) is 67.1 Å². The number of rotatable bonds is 9. The molecule has 1 aromatic heterocycles. The highest BCUT2D eigenvalue weighted by Gasteiger charge is 2.67. The molecule has 1 aliphatic heterocycles. The van der Waals surface area contributed by atoms with Gasteiger partial charge in [0.2, 0.25) is 5.91 Å². The largest absolute Gasteiger partial charge is 0.481 e. The Balaban J connectivity index is 1.29. The summed E-state index contributed by atoms with van der Waals surface area (Å²) in [6, 6.07) is 12.5. The number of nitrogens with one attached hydrogen (secondary N) is 2. The van der Waals surface area contributed by atoms with Gasteiger partial charge in [-0.1, -0.05) is 58.0 Å². The number of aromatic nitrogens is 1. The van der Waals surface area contributed by atoms with E-state index < -0.39 is 13.2 Å². The Hall–Kier alpha value is -2.71. The van der Waals surface area contributed by atoms with Crippen molar-refractivity contribution in [3.8, 4) is 0 Å². The molecule has 4 fully saturated rings. The Kier molecular flexibility index (Phi) is 7.40. The third kappa shape index (κ3) is 5.25. The zero-order valence-electron chi connectivity index (χ0n) is 23.1. The predicted octanol–water partition coefficient (Wildman–Crippen LogP) is 4.74. The third-order valence-electron chi connectivity index (χ3n) is 9.05. The maximum absolute atomic E-state index is 13.5. The molecule has 38 heavy (non-hydrogen) atoms. The highest BCUT2D eigenvalue weighted by Crippen LogP contribution is 2.64. The molecule has 2 aromatic rings. The van der Waals surface area contributed by atoms with Gasteiger partial charge in [0.15, 0.2) is 0 Å².